The predicted molar refractivity (Wildman–Crippen MR) is 96.3 cm³/mol. The molecular formula is C17H18NO4S2-. The molecule has 1 fully saturated rings. The number of aliphatic carboxylic acids is 1. The highest BCUT2D eigenvalue weighted by molar-refractivity contribution is 8.26. The van der Waals surface area contributed by atoms with Crippen LogP contribution in [0.2, 0.25) is 0 Å². The van der Waals surface area contributed by atoms with Gasteiger partial charge in [0.2, 0.25) is 0 Å². The fourth-order valence-electron chi connectivity index (χ4n) is 2.26. The third-order valence-electron chi connectivity index (χ3n) is 3.55. The Morgan fingerprint density at radius 1 is 1.29 bits per heavy atom. The van der Waals surface area contributed by atoms with E-state index >= 15 is 0 Å². The van der Waals surface area contributed by atoms with Crippen molar-refractivity contribution in [3.05, 3.63) is 34.7 Å². The van der Waals surface area contributed by atoms with E-state index in [0.29, 0.717) is 22.2 Å². The Balaban J connectivity index is 1.92. The minimum atomic E-state index is -1.04. The number of thioether (sulfide) groups is 1. The highest BCUT2D eigenvalue weighted by Crippen LogP contribution is 2.33. The van der Waals surface area contributed by atoms with Crippen LogP contribution in [0.3, 0.4) is 0 Å². The third-order valence-corrected chi connectivity index (χ3v) is 4.93. The largest absolute Gasteiger partial charge is 0.550 e. The first-order chi connectivity index (χ1) is 11.5. The molecule has 0 radical (unpaired) electrons. The molecule has 1 aromatic carbocycles. The fourth-order valence-corrected chi connectivity index (χ4v) is 3.57. The van der Waals surface area contributed by atoms with Crippen molar-refractivity contribution >= 4 is 46.3 Å². The van der Waals surface area contributed by atoms with Gasteiger partial charge in [0.05, 0.1) is 12.0 Å². The number of hydrogen-bond donors (Lipinski definition) is 0. The van der Waals surface area contributed by atoms with Crippen molar-refractivity contribution in [1.29, 1.82) is 0 Å². The Kier molecular flexibility index (Phi) is 6.81. The Hall–Kier alpha value is -1.86. The number of nitrogens with zero attached hydrogens (tertiary/aromatic N) is 1. The lowest BCUT2D eigenvalue weighted by Gasteiger charge is -2.14. The number of unbranched alkanes of at least 4 members (excludes halogenated alkanes) is 2. The first kappa shape index (κ1) is 18.5. The number of benzene rings is 1. The molecular weight excluding hydrogens is 346 g/mol. The molecule has 0 N–H and O–H groups in total. The van der Waals surface area contributed by atoms with Gasteiger partial charge in [-0.25, -0.2) is 0 Å². The van der Waals surface area contributed by atoms with Crippen LogP contribution in [0.15, 0.2) is 29.2 Å². The molecule has 0 atom stereocenters. The number of methoxy groups -OCH3 is 1. The molecule has 1 aromatic rings. The van der Waals surface area contributed by atoms with Crippen LogP contribution in [0.25, 0.3) is 6.08 Å². The van der Waals surface area contributed by atoms with Crippen molar-refractivity contribution in [2.45, 2.75) is 25.7 Å². The first-order valence-corrected chi connectivity index (χ1v) is 8.83. The summed E-state index contributed by atoms with van der Waals surface area (Å²) in [5.41, 5.74) is 0.908. The van der Waals surface area contributed by atoms with Crippen molar-refractivity contribution < 1.29 is 19.4 Å². The van der Waals surface area contributed by atoms with Crippen molar-refractivity contribution in [2.24, 2.45) is 0 Å². The topological polar surface area (TPSA) is 69.7 Å². The summed E-state index contributed by atoms with van der Waals surface area (Å²) < 4.78 is 5.65. The number of ether oxygens (including phenoxy) is 1. The van der Waals surface area contributed by atoms with E-state index < -0.39 is 5.97 Å². The number of amides is 1. The molecule has 2 rings (SSSR count). The van der Waals surface area contributed by atoms with E-state index in [1.807, 2.05) is 30.3 Å². The van der Waals surface area contributed by atoms with Crippen molar-refractivity contribution in [3.63, 3.8) is 0 Å². The zero-order valence-corrected chi connectivity index (χ0v) is 15.0. The summed E-state index contributed by atoms with van der Waals surface area (Å²) in [4.78, 5) is 25.0. The van der Waals surface area contributed by atoms with Gasteiger partial charge in [-0.3, -0.25) is 9.69 Å². The average Bonchev–Trinajstić information content (AvgIpc) is 2.82. The number of carboxylic acids is 1. The maximum Gasteiger partial charge on any atom is 0.266 e. The number of carboxylic acid groups (broad SMARTS) is 1. The van der Waals surface area contributed by atoms with Crippen LogP contribution in [-0.2, 0) is 9.59 Å². The van der Waals surface area contributed by atoms with Gasteiger partial charge in [-0.15, -0.1) is 0 Å². The van der Waals surface area contributed by atoms with Gasteiger partial charge >= 0.3 is 0 Å². The van der Waals surface area contributed by atoms with E-state index in [9.17, 15) is 14.7 Å². The molecule has 1 amide bonds. The van der Waals surface area contributed by atoms with Gasteiger partial charge in [0, 0.05) is 12.5 Å². The molecule has 5 nitrogen and oxygen atoms in total. The molecule has 0 bridgehead atoms. The summed E-state index contributed by atoms with van der Waals surface area (Å²) in [6.45, 7) is 0.512. The maximum absolute atomic E-state index is 12.4. The summed E-state index contributed by atoms with van der Waals surface area (Å²) >= 11 is 6.56. The average molecular weight is 364 g/mol. The zero-order chi connectivity index (χ0) is 17.5. The minimum absolute atomic E-state index is 0.0514. The van der Waals surface area contributed by atoms with Gasteiger partial charge in [-0.2, -0.15) is 0 Å². The lowest BCUT2D eigenvalue weighted by atomic mass is 10.2. The molecule has 1 aliphatic rings. The summed E-state index contributed by atoms with van der Waals surface area (Å²) in [6.07, 6.45) is 3.86. The summed E-state index contributed by atoms with van der Waals surface area (Å²) in [5, 5.41) is 10.4. The highest BCUT2D eigenvalue weighted by atomic mass is 32.2. The molecule has 128 valence electrons. The Bertz CT molecular complexity index is 655. The maximum atomic E-state index is 12.4. The van der Waals surface area contributed by atoms with Crippen LogP contribution in [0.4, 0.5) is 0 Å². The standard InChI is InChI=1S/C17H19NO4S2/c1-22-13-8-6-12(7-9-13)11-14-16(21)18(17(23)24-14)10-4-2-3-5-15(19)20/h6-9,11H,2-5,10H2,1H3,(H,19,20)/p-1/b14-11-. The van der Waals surface area contributed by atoms with Gasteiger partial charge in [0.1, 0.15) is 10.1 Å². The van der Waals surface area contributed by atoms with E-state index in [1.165, 1.54) is 11.8 Å². The lowest BCUT2D eigenvalue weighted by Crippen LogP contribution is -2.29. The van der Waals surface area contributed by atoms with Crippen LogP contribution in [0, 0.1) is 0 Å². The molecule has 0 aliphatic carbocycles. The molecule has 1 aliphatic heterocycles. The number of carbonyl (C=O) groups is 2. The Labute approximate surface area is 150 Å². The van der Waals surface area contributed by atoms with Crippen LogP contribution in [-0.4, -0.2) is 34.8 Å². The molecule has 0 spiro atoms. The van der Waals surface area contributed by atoms with Crippen molar-refractivity contribution in [2.75, 3.05) is 13.7 Å². The Morgan fingerprint density at radius 2 is 2.00 bits per heavy atom. The fraction of sp³-hybridized carbons (Fsp3) is 0.353. The van der Waals surface area contributed by atoms with Crippen LogP contribution >= 0.6 is 24.0 Å². The molecule has 1 saturated heterocycles. The SMILES string of the molecule is COc1ccc(/C=C2\SC(=S)N(CCCCCC(=O)[O-])C2=O)cc1. The summed E-state index contributed by atoms with van der Waals surface area (Å²) in [7, 11) is 1.60. The summed E-state index contributed by atoms with van der Waals surface area (Å²) in [6, 6.07) is 7.43. The second-order valence-electron chi connectivity index (χ2n) is 5.29. The monoisotopic (exact) mass is 364 g/mol. The van der Waals surface area contributed by atoms with Crippen LogP contribution < -0.4 is 9.84 Å². The molecule has 24 heavy (non-hydrogen) atoms. The number of rotatable bonds is 8. The van der Waals surface area contributed by atoms with E-state index in [0.717, 1.165) is 24.2 Å². The van der Waals surface area contributed by atoms with E-state index in [-0.39, 0.29) is 12.3 Å². The van der Waals surface area contributed by atoms with E-state index in [1.54, 1.807) is 12.0 Å². The second kappa shape index (κ2) is 8.84. The van der Waals surface area contributed by atoms with E-state index in [2.05, 4.69) is 0 Å². The van der Waals surface area contributed by atoms with Gasteiger partial charge in [-0.05, 0) is 43.0 Å². The third kappa shape index (κ3) is 5.07. The van der Waals surface area contributed by atoms with Gasteiger partial charge in [-0.1, -0.05) is 42.5 Å². The molecule has 7 heteroatoms. The quantitative estimate of drug-likeness (QED) is 0.400. The molecule has 0 unspecified atom stereocenters. The zero-order valence-electron chi connectivity index (χ0n) is 13.3. The molecule has 0 aromatic heterocycles. The minimum Gasteiger partial charge on any atom is -0.550 e. The van der Waals surface area contributed by atoms with Gasteiger partial charge in [0.15, 0.2) is 0 Å². The first-order valence-electron chi connectivity index (χ1n) is 7.60. The lowest BCUT2D eigenvalue weighted by molar-refractivity contribution is -0.305. The normalized spacial score (nSPS) is 16.0. The van der Waals surface area contributed by atoms with Gasteiger partial charge in [0.25, 0.3) is 5.91 Å². The molecule has 1 heterocycles. The number of hydrogen-bond acceptors (Lipinski definition) is 6. The Morgan fingerprint density at radius 3 is 2.62 bits per heavy atom. The van der Waals surface area contributed by atoms with Crippen LogP contribution in [0.5, 0.6) is 5.75 Å². The van der Waals surface area contributed by atoms with Crippen LogP contribution in [0.1, 0.15) is 31.2 Å². The molecule has 0 saturated carbocycles. The summed E-state index contributed by atoms with van der Waals surface area (Å²) in [5.74, 6) is -0.375. The van der Waals surface area contributed by atoms with Gasteiger partial charge < -0.3 is 14.6 Å². The number of thiocarbonyl (C=S) groups is 1. The highest BCUT2D eigenvalue weighted by Gasteiger charge is 2.31. The predicted octanol–water partition coefficient (Wildman–Crippen LogP) is 2.21. The van der Waals surface area contributed by atoms with E-state index in [4.69, 9.17) is 17.0 Å². The smallest absolute Gasteiger partial charge is 0.266 e. The second-order valence-corrected chi connectivity index (χ2v) is 6.96. The number of carbonyl (C=O) groups excluding carboxylic acids is 2. The van der Waals surface area contributed by atoms with Crippen molar-refractivity contribution in [3.8, 4) is 5.75 Å². The van der Waals surface area contributed by atoms with Crippen molar-refractivity contribution in [1.82, 2.24) is 4.90 Å².